The molecular weight excluding hydrogens is 231 g/mol. The summed E-state index contributed by atoms with van der Waals surface area (Å²) in [6.45, 7) is 2.10. The summed E-state index contributed by atoms with van der Waals surface area (Å²) in [5.74, 6) is 0. The third-order valence-electron chi connectivity index (χ3n) is 1.62. The second-order valence-corrected chi connectivity index (χ2v) is 5.92. The minimum atomic E-state index is 0.460. The molecule has 0 nitrogen and oxygen atoms in total. The van der Waals surface area contributed by atoms with Gasteiger partial charge in [-0.15, -0.1) is 0 Å². The summed E-state index contributed by atoms with van der Waals surface area (Å²) in [6, 6.07) is 3.47. The van der Waals surface area contributed by atoms with Crippen molar-refractivity contribution >= 4 is 45.0 Å². The van der Waals surface area contributed by atoms with Gasteiger partial charge in [-0.3, -0.25) is 0 Å². The Kier molecular flexibility index (Phi) is 3.47. The Morgan fingerprint density at radius 3 is 1.92 bits per heavy atom. The van der Waals surface area contributed by atoms with Crippen LogP contribution in [0.4, 0.5) is 0 Å². The summed E-state index contributed by atoms with van der Waals surface area (Å²) in [5, 5.41) is 1.95. The van der Waals surface area contributed by atoms with Gasteiger partial charge in [0.1, 0.15) is 0 Å². The Labute approximate surface area is 90.2 Å². The standard InChI is InChI=1S/C8H9Cl3Si/c1-4(12)8-6(10)2-5(9)3-7(8)11/h2-4H,1,12H3. The lowest BCUT2D eigenvalue weighted by atomic mass is 10.1. The van der Waals surface area contributed by atoms with Crippen LogP contribution in [-0.4, -0.2) is 10.2 Å². The molecule has 0 N–H and O–H groups in total. The molecule has 0 saturated heterocycles. The molecule has 0 aliphatic rings. The van der Waals surface area contributed by atoms with Gasteiger partial charge in [0.05, 0.1) is 0 Å². The predicted molar refractivity (Wildman–Crippen MR) is 59.8 cm³/mol. The Hall–Kier alpha value is 0.307. The largest absolute Gasteiger partial charge is 0.0842 e. The van der Waals surface area contributed by atoms with E-state index in [9.17, 15) is 0 Å². The van der Waals surface area contributed by atoms with Crippen LogP contribution >= 0.6 is 34.8 Å². The first kappa shape index (κ1) is 10.4. The fraction of sp³-hybridized carbons (Fsp3) is 0.250. The molecular formula is C8H9Cl3Si. The summed E-state index contributed by atoms with van der Waals surface area (Å²) < 4.78 is 0. The van der Waals surface area contributed by atoms with Crippen molar-refractivity contribution in [1.29, 1.82) is 0 Å². The molecule has 0 aliphatic heterocycles. The van der Waals surface area contributed by atoms with E-state index in [1.54, 1.807) is 12.1 Å². The third-order valence-corrected chi connectivity index (χ3v) is 3.04. The van der Waals surface area contributed by atoms with E-state index in [0.29, 0.717) is 20.6 Å². The first-order valence-corrected chi connectivity index (χ1v) is 5.95. The predicted octanol–water partition coefficient (Wildman–Crippen LogP) is 3.07. The van der Waals surface area contributed by atoms with E-state index in [1.807, 2.05) is 0 Å². The average molecular weight is 240 g/mol. The van der Waals surface area contributed by atoms with Gasteiger partial charge in [-0.05, 0) is 23.2 Å². The van der Waals surface area contributed by atoms with Crippen LogP contribution in [0.2, 0.25) is 15.1 Å². The van der Waals surface area contributed by atoms with Crippen LogP contribution < -0.4 is 0 Å². The average Bonchev–Trinajstić information content (AvgIpc) is 1.82. The number of rotatable bonds is 1. The highest BCUT2D eigenvalue weighted by Crippen LogP contribution is 2.32. The SMILES string of the molecule is CC([SiH3])c1c(Cl)cc(Cl)cc1Cl. The van der Waals surface area contributed by atoms with Crippen LogP contribution in [0.5, 0.6) is 0 Å². The van der Waals surface area contributed by atoms with Gasteiger partial charge in [0.25, 0.3) is 0 Å². The lowest BCUT2D eigenvalue weighted by molar-refractivity contribution is 1.08. The van der Waals surface area contributed by atoms with Crippen LogP contribution in [0.15, 0.2) is 12.1 Å². The van der Waals surface area contributed by atoms with Crippen LogP contribution in [0.3, 0.4) is 0 Å². The molecule has 0 fully saturated rings. The molecule has 1 rings (SSSR count). The van der Waals surface area contributed by atoms with Gasteiger partial charge in [-0.2, -0.15) is 0 Å². The molecule has 66 valence electrons. The van der Waals surface area contributed by atoms with Crippen LogP contribution in [0.1, 0.15) is 18.0 Å². The molecule has 0 radical (unpaired) electrons. The fourth-order valence-corrected chi connectivity index (χ4v) is 3.35. The lowest BCUT2D eigenvalue weighted by Gasteiger charge is -2.10. The molecule has 1 unspecified atom stereocenters. The van der Waals surface area contributed by atoms with Crippen molar-refractivity contribution in [3.05, 3.63) is 32.8 Å². The van der Waals surface area contributed by atoms with Gasteiger partial charge in [0.2, 0.25) is 0 Å². The number of hydrogen-bond donors (Lipinski definition) is 0. The van der Waals surface area contributed by atoms with Crippen LogP contribution in [0.25, 0.3) is 0 Å². The molecule has 0 aliphatic carbocycles. The Bertz CT molecular complexity index is 273. The number of hydrogen-bond acceptors (Lipinski definition) is 0. The molecule has 0 heterocycles. The molecule has 0 amide bonds. The molecule has 0 spiro atoms. The van der Waals surface area contributed by atoms with Gasteiger partial charge in [-0.25, -0.2) is 0 Å². The minimum Gasteiger partial charge on any atom is -0.0842 e. The summed E-state index contributed by atoms with van der Waals surface area (Å²) in [5.41, 5.74) is 1.48. The van der Waals surface area contributed by atoms with Crippen molar-refractivity contribution in [3.8, 4) is 0 Å². The summed E-state index contributed by atoms with van der Waals surface area (Å²) in [4.78, 5) is 0. The van der Waals surface area contributed by atoms with E-state index in [-0.39, 0.29) is 0 Å². The van der Waals surface area contributed by atoms with Gasteiger partial charge in [-0.1, -0.05) is 41.7 Å². The zero-order valence-corrected chi connectivity index (χ0v) is 11.1. The van der Waals surface area contributed by atoms with Crippen molar-refractivity contribution in [2.45, 2.75) is 12.5 Å². The van der Waals surface area contributed by atoms with E-state index in [0.717, 1.165) is 15.8 Å². The third kappa shape index (κ3) is 2.16. The van der Waals surface area contributed by atoms with Crippen LogP contribution in [0, 0.1) is 0 Å². The van der Waals surface area contributed by atoms with Gasteiger partial charge in [0.15, 0.2) is 0 Å². The van der Waals surface area contributed by atoms with Crippen molar-refractivity contribution in [3.63, 3.8) is 0 Å². The monoisotopic (exact) mass is 238 g/mol. The Balaban J connectivity index is 3.28. The normalized spacial score (nSPS) is 13.3. The number of halogens is 3. The molecule has 1 aromatic carbocycles. The zero-order valence-electron chi connectivity index (χ0n) is 6.87. The maximum Gasteiger partial charge on any atom is 0.0467 e. The molecule has 1 aromatic rings. The second kappa shape index (κ2) is 4.01. The zero-order chi connectivity index (χ0) is 9.30. The quantitative estimate of drug-likeness (QED) is 0.661. The smallest absolute Gasteiger partial charge is 0.0467 e. The molecule has 12 heavy (non-hydrogen) atoms. The highest BCUT2D eigenvalue weighted by molar-refractivity contribution is 6.40. The first-order chi connectivity index (χ1) is 5.52. The maximum atomic E-state index is 5.98. The summed E-state index contributed by atoms with van der Waals surface area (Å²) in [7, 11) is 1.04. The van der Waals surface area contributed by atoms with Crippen LogP contribution in [-0.2, 0) is 0 Å². The van der Waals surface area contributed by atoms with Crippen molar-refractivity contribution in [2.24, 2.45) is 0 Å². The second-order valence-electron chi connectivity index (χ2n) is 2.94. The Morgan fingerprint density at radius 1 is 1.17 bits per heavy atom. The van der Waals surface area contributed by atoms with Gasteiger partial charge in [0, 0.05) is 25.3 Å². The summed E-state index contributed by atoms with van der Waals surface area (Å²) >= 11 is 17.7. The molecule has 0 aromatic heterocycles. The van der Waals surface area contributed by atoms with Crippen molar-refractivity contribution in [1.82, 2.24) is 0 Å². The first-order valence-electron chi connectivity index (χ1n) is 3.67. The van der Waals surface area contributed by atoms with E-state index in [4.69, 9.17) is 34.8 Å². The minimum absolute atomic E-state index is 0.460. The molecule has 4 heteroatoms. The van der Waals surface area contributed by atoms with Crippen molar-refractivity contribution in [2.75, 3.05) is 0 Å². The van der Waals surface area contributed by atoms with Gasteiger partial charge >= 0.3 is 0 Å². The lowest BCUT2D eigenvalue weighted by Crippen LogP contribution is -1.94. The summed E-state index contributed by atoms with van der Waals surface area (Å²) in [6.07, 6.45) is 0. The highest BCUT2D eigenvalue weighted by atomic mass is 35.5. The molecule has 0 saturated carbocycles. The van der Waals surface area contributed by atoms with E-state index >= 15 is 0 Å². The highest BCUT2D eigenvalue weighted by Gasteiger charge is 2.10. The molecule has 1 atom stereocenters. The topological polar surface area (TPSA) is 0 Å². The Morgan fingerprint density at radius 2 is 1.58 bits per heavy atom. The van der Waals surface area contributed by atoms with Gasteiger partial charge < -0.3 is 0 Å². The molecule has 0 bridgehead atoms. The van der Waals surface area contributed by atoms with E-state index in [1.165, 1.54) is 0 Å². The van der Waals surface area contributed by atoms with Crippen molar-refractivity contribution < 1.29 is 0 Å². The maximum absolute atomic E-state index is 5.98. The van der Waals surface area contributed by atoms with E-state index < -0.39 is 0 Å². The van der Waals surface area contributed by atoms with E-state index in [2.05, 4.69) is 6.92 Å². The number of benzene rings is 1. The fourth-order valence-electron chi connectivity index (χ4n) is 1.10.